The van der Waals surface area contributed by atoms with E-state index in [9.17, 15) is 0 Å². The quantitative estimate of drug-likeness (QED) is 0.631. The summed E-state index contributed by atoms with van der Waals surface area (Å²) in [7, 11) is 2.21. The molecular weight excluding hydrogens is 296 g/mol. The van der Waals surface area contributed by atoms with Crippen LogP contribution in [0.15, 0.2) is 12.3 Å². The van der Waals surface area contributed by atoms with Crippen LogP contribution in [0.1, 0.15) is 71.4 Å². The maximum Gasteiger partial charge on any atom is 0.226 e. The molecule has 1 saturated heterocycles. The first-order valence-corrected chi connectivity index (χ1v) is 9.94. The third kappa shape index (κ3) is 5.44. The summed E-state index contributed by atoms with van der Waals surface area (Å²) in [4.78, 5) is 14.4. The fraction of sp³-hybridized carbons (Fsp3) is 0.800. The summed E-state index contributed by atoms with van der Waals surface area (Å²) in [5, 5.41) is 0. The molecule has 0 radical (unpaired) electrons. The van der Waals surface area contributed by atoms with Gasteiger partial charge in [0.05, 0.1) is 0 Å². The van der Waals surface area contributed by atoms with Gasteiger partial charge in [-0.3, -0.25) is 0 Å². The van der Waals surface area contributed by atoms with Crippen molar-refractivity contribution in [1.82, 2.24) is 14.9 Å². The molecular formula is C20H36N4. The second-order valence-corrected chi connectivity index (χ2v) is 7.41. The van der Waals surface area contributed by atoms with Crippen molar-refractivity contribution in [3.05, 3.63) is 18.0 Å². The Labute approximate surface area is 148 Å². The SMILES string of the molecule is CCCCCCCCc1ccnc(N2C(C)CN(C)CC2CC)n1. The Morgan fingerprint density at radius 1 is 1.08 bits per heavy atom. The fourth-order valence-corrected chi connectivity index (χ4v) is 3.84. The summed E-state index contributed by atoms with van der Waals surface area (Å²) < 4.78 is 0. The summed E-state index contributed by atoms with van der Waals surface area (Å²) in [5.41, 5.74) is 1.21. The number of piperazine rings is 1. The first-order valence-electron chi connectivity index (χ1n) is 9.94. The maximum atomic E-state index is 4.90. The molecule has 0 N–H and O–H groups in total. The van der Waals surface area contributed by atoms with E-state index in [1.807, 2.05) is 6.20 Å². The van der Waals surface area contributed by atoms with Crippen LogP contribution in [0, 0.1) is 0 Å². The monoisotopic (exact) mass is 332 g/mol. The summed E-state index contributed by atoms with van der Waals surface area (Å²) in [6.45, 7) is 9.02. The summed E-state index contributed by atoms with van der Waals surface area (Å²) >= 11 is 0. The lowest BCUT2D eigenvalue weighted by molar-refractivity contribution is 0.227. The van der Waals surface area contributed by atoms with Crippen molar-refractivity contribution in [3.8, 4) is 0 Å². The number of anilines is 1. The summed E-state index contributed by atoms with van der Waals surface area (Å²) in [6, 6.07) is 3.08. The van der Waals surface area contributed by atoms with E-state index in [2.05, 4.69) is 48.7 Å². The fourth-order valence-electron chi connectivity index (χ4n) is 3.84. The van der Waals surface area contributed by atoms with Gasteiger partial charge in [-0.15, -0.1) is 0 Å². The van der Waals surface area contributed by atoms with Crippen molar-refractivity contribution < 1.29 is 0 Å². The number of rotatable bonds is 9. The zero-order valence-electron chi connectivity index (χ0n) is 16.2. The number of hydrogen-bond donors (Lipinski definition) is 0. The van der Waals surface area contributed by atoms with Crippen LogP contribution in [0.4, 0.5) is 5.95 Å². The van der Waals surface area contributed by atoms with Gasteiger partial charge >= 0.3 is 0 Å². The molecule has 4 heteroatoms. The number of aromatic nitrogens is 2. The highest BCUT2D eigenvalue weighted by Crippen LogP contribution is 2.23. The van der Waals surface area contributed by atoms with Crippen molar-refractivity contribution in [2.75, 3.05) is 25.0 Å². The van der Waals surface area contributed by atoms with E-state index < -0.39 is 0 Å². The van der Waals surface area contributed by atoms with E-state index in [1.54, 1.807) is 0 Å². The van der Waals surface area contributed by atoms with Gasteiger partial charge in [0.2, 0.25) is 5.95 Å². The molecule has 1 aliphatic heterocycles. The third-order valence-electron chi connectivity index (χ3n) is 5.16. The van der Waals surface area contributed by atoms with E-state index in [-0.39, 0.29) is 0 Å². The molecule has 0 aliphatic carbocycles. The minimum absolute atomic E-state index is 0.470. The Morgan fingerprint density at radius 3 is 2.58 bits per heavy atom. The molecule has 1 aromatic heterocycles. The van der Waals surface area contributed by atoms with Crippen LogP contribution in [0.3, 0.4) is 0 Å². The molecule has 2 atom stereocenters. The Morgan fingerprint density at radius 2 is 1.83 bits per heavy atom. The average Bonchev–Trinajstić information content (AvgIpc) is 2.57. The van der Waals surface area contributed by atoms with Crippen molar-refractivity contribution in [3.63, 3.8) is 0 Å². The minimum atomic E-state index is 0.470. The van der Waals surface area contributed by atoms with Crippen LogP contribution in [-0.4, -0.2) is 47.1 Å². The predicted molar refractivity (Wildman–Crippen MR) is 103 cm³/mol. The van der Waals surface area contributed by atoms with Crippen molar-refractivity contribution >= 4 is 5.95 Å². The Balaban J connectivity index is 1.93. The molecule has 1 aliphatic rings. The van der Waals surface area contributed by atoms with Gasteiger partial charge < -0.3 is 9.80 Å². The van der Waals surface area contributed by atoms with Gasteiger partial charge in [-0.1, -0.05) is 46.0 Å². The lowest BCUT2D eigenvalue weighted by Gasteiger charge is -2.44. The van der Waals surface area contributed by atoms with Crippen LogP contribution < -0.4 is 4.90 Å². The molecule has 1 fully saturated rings. The topological polar surface area (TPSA) is 32.3 Å². The smallest absolute Gasteiger partial charge is 0.226 e. The van der Waals surface area contributed by atoms with Gasteiger partial charge in [0.25, 0.3) is 0 Å². The summed E-state index contributed by atoms with van der Waals surface area (Å²) in [6.07, 6.45) is 12.2. The van der Waals surface area contributed by atoms with E-state index in [0.29, 0.717) is 12.1 Å². The molecule has 4 nitrogen and oxygen atoms in total. The number of likely N-dealkylation sites (N-methyl/N-ethyl adjacent to an activating group) is 1. The Kier molecular flexibility index (Phi) is 7.97. The van der Waals surface area contributed by atoms with Gasteiger partial charge in [-0.25, -0.2) is 9.97 Å². The predicted octanol–water partition coefficient (Wildman–Crippen LogP) is 4.30. The van der Waals surface area contributed by atoms with Crippen LogP contribution in [0.25, 0.3) is 0 Å². The van der Waals surface area contributed by atoms with Crippen LogP contribution >= 0.6 is 0 Å². The van der Waals surface area contributed by atoms with Gasteiger partial charge in [-0.05, 0) is 39.3 Å². The molecule has 0 amide bonds. The van der Waals surface area contributed by atoms with Gasteiger partial charge in [0, 0.05) is 37.1 Å². The molecule has 0 bridgehead atoms. The van der Waals surface area contributed by atoms with Crippen LogP contribution in [0.2, 0.25) is 0 Å². The minimum Gasteiger partial charge on any atom is -0.333 e. The number of nitrogens with zero attached hydrogens (tertiary/aromatic N) is 4. The van der Waals surface area contributed by atoms with Crippen molar-refractivity contribution in [1.29, 1.82) is 0 Å². The van der Waals surface area contributed by atoms with E-state index >= 15 is 0 Å². The van der Waals surface area contributed by atoms with E-state index in [4.69, 9.17) is 4.98 Å². The first kappa shape index (κ1) is 19.2. The highest BCUT2D eigenvalue weighted by atomic mass is 15.4. The molecule has 2 unspecified atom stereocenters. The zero-order valence-corrected chi connectivity index (χ0v) is 16.2. The first-order chi connectivity index (χ1) is 11.7. The molecule has 136 valence electrons. The number of hydrogen-bond acceptors (Lipinski definition) is 4. The molecule has 0 saturated carbocycles. The molecule has 2 rings (SSSR count). The maximum absolute atomic E-state index is 4.90. The van der Waals surface area contributed by atoms with Crippen molar-refractivity contribution in [2.45, 2.75) is 84.2 Å². The molecule has 0 aromatic carbocycles. The molecule has 1 aromatic rings. The van der Waals surface area contributed by atoms with E-state index in [0.717, 1.165) is 31.9 Å². The Hall–Kier alpha value is -1.16. The van der Waals surface area contributed by atoms with Crippen molar-refractivity contribution in [2.24, 2.45) is 0 Å². The number of aryl methyl sites for hydroxylation is 1. The highest BCUT2D eigenvalue weighted by Gasteiger charge is 2.31. The standard InChI is InChI=1S/C20H36N4/c1-5-7-8-9-10-11-12-18-13-14-21-20(22-18)24-17(3)15-23(4)16-19(24)6-2/h13-14,17,19H,5-12,15-16H2,1-4H3. The largest absolute Gasteiger partial charge is 0.333 e. The average molecular weight is 333 g/mol. The summed E-state index contributed by atoms with van der Waals surface area (Å²) in [5.74, 6) is 0.936. The number of unbranched alkanes of at least 4 members (excludes halogenated alkanes) is 5. The van der Waals surface area contributed by atoms with Gasteiger partial charge in [0.15, 0.2) is 0 Å². The lowest BCUT2D eigenvalue weighted by Crippen LogP contribution is -2.57. The molecule has 2 heterocycles. The van der Waals surface area contributed by atoms with Crippen LogP contribution in [0.5, 0.6) is 0 Å². The third-order valence-corrected chi connectivity index (χ3v) is 5.16. The second-order valence-electron chi connectivity index (χ2n) is 7.41. The zero-order chi connectivity index (χ0) is 17.4. The second kappa shape index (κ2) is 9.97. The highest BCUT2D eigenvalue weighted by molar-refractivity contribution is 5.35. The Bertz CT molecular complexity index is 476. The van der Waals surface area contributed by atoms with E-state index in [1.165, 1.54) is 44.2 Å². The molecule has 24 heavy (non-hydrogen) atoms. The van der Waals surface area contributed by atoms with Gasteiger partial charge in [0.1, 0.15) is 0 Å². The normalized spacial score (nSPS) is 22.1. The lowest BCUT2D eigenvalue weighted by atomic mass is 10.1. The molecule has 0 spiro atoms. The van der Waals surface area contributed by atoms with Gasteiger partial charge in [-0.2, -0.15) is 0 Å². The van der Waals surface area contributed by atoms with Crippen LogP contribution in [-0.2, 0) is 6.42 Å².